The van der Waals surface area contributed by atoms with E-state index in [4.69, 9.17) is 0 Å². The Morgan fingerprint density at radius 1 is 1.12 bits per heavy atom. The molecule has 0 bridgehead atoms. The van der Waals surface area contributed by atoms with Crippen LogP contribution in [0.3, 0.4) is 0 Å². The summed E-state index contributed by atoms with van der Waals surface area (Å²) in [6.07, 6.45) is 1.67. The minimum atomic E-state index is -4.30. The molecule has 0 radical (unpaired) electrons. The zero-order chi connectivity index (χ0) is 12.1. The molecule has 16 heavy (non-hydrogen) atoms. The van der Waals surface area contributed by atoms with Crippen LogP contribution >= 0.6 is 15.9 Å². The van der Waals surface area contributed by atoms with Crippen molar-refractivity contribution in [3.63, 3.8) is 0 Å². The van der Waals surface area contributed by atoms with E-state index in [-0.39, 0.29) is 11.0 Å². The molecule has 2 aliphatic rings. The summed E-state index contributed by atoms with van der Waals surface area (Å²) in [7, 11) is 0. The van der Waals surface area contributed by atoms with E-state index >= 15 is 0 Å². The van der Waals surface area contributed by atoms with Gasteiger partial charge in [0.2, 0.25) is 0 Å². The molecule has 2 rings (SSSR count). The van der Waals surface area contributed by atoms with Crippen LogP contribution in [0.2, 0.25) is 0 Å². The van der Waals surface area contributed by atoms with E-state index in [2.05, 4.69) is 15.9 Å². The molecular formula is C12H10BrF3. The first-order chi connectivity index (χ1) is 7.23. The van der Waals surface area contributed by atoms with Crippen LogP contribution < -0.4 is 0 Å². The zero-order valence-electron chi connectivity index (χ0n) is 8.82. The van der Waals surface area contributed by atoms with Crippen molar-refractivity contribution in [2.45, 2.75) is 20.0 Å². The van der Waals surface area contributed by atoms with Gasteiger partial charge in [-0.15, -0.1) is 0 Å². The van der Waals surface area contributed by atoms with Gasteiger partial charge in [0.05, 0.1) is 5.57 Å². The van der Waals surface area contributed by atoms with Gasteiger partial charge in [-0.3, -0.25) is 0 Å². The molecule has 0 heterocycles. The number of rotatable bonds is 0. The molecule has 0 aromatic heterocycles. The molecule has 86 valence electrons. The van der Waals surface area contributed by atoms with Crippen molar-refractivity contribution in [1.29, 1.82) is 0 Å². The van der Waals surface area contributed by atoms with Crippen molar-refractivity contribution in [2.75, 3.05) is 0 Å². The molecule has 0 unspecified atom stereocenters. The van der Waals surface area contributed by atoms with Crippen molar-refractivity contribution >= 4 is 15.9 Å². The molecule has 0 fully saturated rings. The molecule has 0 N–H and O–H groups in total. The zero-order valence-corrected chi connectivity index (χ0v) is 10.4. The van der Waals surface area contributed by atoms with Gasteiger partial charge < -0.3 is 0 Å². The van der Waals surface area contributed by atoms with Crippen molar-refractivity contribution < 1.29 is 13.2 Å². The fourth-order valence-electron chi connectivity index (χ4n) is 2.04. The third-order valence-corrected chi connectivity index (χ3v) is 3.47. The molecule has 0 aromatic rings. The Morgan fingerprint density at radius 2 is 1.75 bits per heavy atom. The fourth-order valence-corrected chi connectivity index (χ4v) is 2.90. The lowest BCUT2D eigenvalue weighted by Crippen LogP contribution is -2.22. The Labute approximate surface area is 100 Å². The number of allylic oxidation sites excluding steroid dienone is 8. The molecule has 0 aromatic carbocycles. The van der Waals surface area contributed by atoms with Crippen molar-refractivity contribution in [2.24, 2.45) is 5.41 Å². The standard InChI is InChI=1S/C12H10BrF3/c1-11(2)6-5-8(12(14,15)16)7-3-4-9(13)10(7)11/h3-6H,1-2H3. The van der Waals surface area contributed by atoms with Crippen LogP contribution in [0.25, 0.3) is 0 Å². The summed E-state index contributed by atoms with van der Waals surface area (Å²) in [4.78, 5) is 0. The summed E-state index contributed by atoms with van der Waals surface area (Å²) >= 11 is 3.31. The van der Waals surface area contributed by atoms with E-state index < -0.39 is 11.7 Å². The predicted molar refractivity (Wildman–Crippen MR) is 61.1 cm³/mol. The molecule has 0 aliphatic heterocycles. The van der Waals surface area contributed by atoms with Crippen molar-refractivity contribution in [3.8, 4) is 0 Å². The SMILES string of the molecule is CC1(C)C=CC(C(F)(F)F)=C2C=CC(Br)=C21. The molecule has 0 spiro atoms. The maximum absolute atomic E-state index is 12.8. The first-order valence-corrected chi connectivity index (χ1v) is 5.62. The summed E-state index contributed by atoms with van der Waals surface area (Å²) < 4.78 is 39.1. The number of halogens is 4. The lowest BCUT2D eigenvalue weighted by Gasteiger charge is -2.30. The Hall–Kier alpha value is -0.770. The Bertz CT molecular complexity index is 459. The summed E-state index contributed by atoms with van der Waals surface area (Å²) in [5.41, 5.74) is 0.0635. The Kier molecular flexibility index (Phi) is 2.46. The number of hydrogen-bond acceptors (Lipinski definition) is 0. The predicted octanol–water partition coefficient (Wildman–Crippen LogP) is 4.66. The molecular weight excluding hydrogens is 281 g/mol. The first-order valence-electron chi connectivity index (χ1n) is 4.83. The van der Waals surface area contributed by atoms with Gasteiger partial charge in [-0.05, 0) is 17.2 Å². The second-order valence-electron chi connectivity index (χ2n) is 4.44. The molecule has 2 aliphatic carbocycles. The molecule has 0 amide bonds. The number of alkyl halides is 3. The van der Waals surface area contributed by atoms with Gasteiger partial charge in [0.15, 0.2) is 0 Å². The average Bonchev–Trinajstić information content (AvgIpc) is 2.46. The van der Waals surface area contributed by atoms with Crippen LogP contribution in [0.15, 0.2) is 45.5 Å². The van der Waals surface area contributed by atoms with Gasteiger partial charge in [0.1, 0.15) is 0 Å². The van der Waals surface area contributed by atoms with Crippen LogP contribution in [-0.2, 0) is 0 Å². The van der Waals surface area contributed by atoms with Crippen molar-refractivity contribution in [3.05, 3.63) is 45.5 Å². The molecule has 0 saturated heterocycles. The highest BCUT2D eigenvalue weighted by Gasteiger charge is 2.41. The highest BCUT2D eigenvalue weighted by atomic mass is 79.9. The summed E-state index contributed by atoms with van der Waals surface area (Å²) in [6, 6.07) is 0. The quantitative estimate of drug-likeness (QED) is 0.609. The lowest BCUT2D eigenvalue weighted by molar-refractivity contribution is -0.0889. The van der Waals surface area contributed by atoms with E-state index in [1.54, 1.807) is 12.2 Å². The smallest absolute Gasteiger partial charge is 0.166 e. The van der Waals surface area contributed by atoms with Gasteiger partial charge in [0.25, 0.3) is 0 Å². The van der Waals surface area contributed by atoms with E-state index in [9.17, 15) is 13.2 Å². The van der Waals surface area contributed by atoms with Crippen LogP contribution in [0.5, 0.6) is 0 Å². The van der Waals surface area contributed by atoms with E-state index in [1.807, 2.05) is 13.8 Å². The maximum Gasteiger partial charge on any atom is 0.416 e. The van der Waals surface area contributed by atoms with Gasteiger partial charge in [-0.1, -0.05) is 48.0 Å². The van der Waals surface area contributed by atoms with Crippen LogP contribution in [-0.4, -0.2) is 6.18 Å². The topological polar surface area (TPSA) is 0 Å². The van der Waals surface area contributed by atoms with Crippen molar-refractivity contribution in [1.82, 2.24) is 0 Å². The lowest BCUT2D eigenvalue weighted by atomic mass is 9.76. The monoisotopic (exact) mass is 290 g/mol. The fraction of sp³-hybridized carbons (Fsp3) is 0.333. The Morgan fingerprint density at radius 3 is 2.31 bits per heavy atom. The van der Waals surface area contributed by atoms with Crippen LogP contribution in [0, 0.1) is 5.41 Å². The minimum absolute atomic E-state index is 0.284. The maximum atomic E-state index is 12.8. The second-order valence-corrected chi connectivity index (χ2v) is 5.29. The largest absolute Gasteiger partial charge is 0.416 e. The molecule has 0 nitrogen and oxygen atoms in total. The summed E-state index contributed by atoms with van der Waals surface area (Å²) in [5, 5.41) is 0. The van der Waals surface area contributed by atoms with Gasteiger partial charge in [-0.25, -0.2) is 0 Å². The van der Waals surface area contributed by atoms with E-state index in [0.29, 0.717) is 5.57 Å². The number of fused-ring (bicyclic) bond motifs is 1. The first kappa shape index (κ1) is 11.7. The minimum Gasteiger partial charge on any atom is -0.166 e. The summed E-state index contributed by atoms with van der Waals surface area (Å²) in [6.45, 7) is 3.81. The molecule has 0 atom stereocenters. The third kappa shape index (κ3) is 1.69. The summed E-state index contributed by atoms with van der Waals surface area (Å²) in [5.74, 6) is 0. The van der Waals surface area contributed by atoms with E-state index in [0.717, 1.165) is 4.48 Å². The third-order valence-electron chi connectivity index (χ3n) is 2.81. The highest BCUT2D eigenvalue weighted by Crippen LogP contribution is 2.49. The Balaban J connectivity index is 2.65. The normalized spacial score (nSPS) is 23.1. The van der Waals surface area contributed by atoms with Gasteiger partial charge in [0, 0.05) is 9.90 Å². The van der Waals surface area contributed by atoms with Crippen LogP contribution in [0.4, 0.5) is 13.2 Å². The number of hydrogen-bond donors (Lipinski definition) is 0. The van der Waals surface area contributed by atoms with Gasteiger partial charge in [-0.2, -0.15) is 13.2 Å². The average molecular weight is 291 g/mol. The van der Waals surface area contributed by atoms with Gasteiger partial charge >= 0.3 is 6.18 Å². The molecule has 0 saturated carbocycles. The van der Waals surface area contributed by atoms with Crippen LogP contribution in [0.1, 0.15) is 13.8 Å². The highest BCUT2D eigenvalue weighted by molar-refractivity contribution is 9.11. The van der Waals surface area contributed by atoms with E-state index in [1.165, 1.54) is 12.2 Å². The molecule has 4 heteroatoms. The second kappa shape index (κ2) is 3.36.